The van der Waals surface area contributed by atoms with E-state index in [1.807, 2.05) is 0 Å². The lowest BCUT2D eigenvalue weighted by Gasteiger charge is -2.19. The molecule has 0 atom stereocenters. The third-order valence-electron chi connectivity index (χ3n) is 4.81. The van der Waals surface area contributed by atoms with E-state index in [-0.39, 0.29) is 10.6 Å². The molecule has 1 aromatic carbocycles. The summed E-state index contributed by atoms with van der Waals surface area (Å²) in [4.78, 5) is 0.195. The molecule has 0 bridgehead atoms. The molecule has 0 amide bonds. The van der Waals surface area contributed by atoms with E-state index in [0.717, 1.165) is 0 Å². The van der Waals surface area contributed by atoms with Crippen molar-refractivity contribution in [2.45, 2.75) is 43.8 Å². The Morgan fingerprint density at radius 2 is 1.81 bits per heavy atom. The van der Waals surface area contributed by atoms with E-state index in [0.29, 0.717) is 34.5 Å². The van der Waals surface area contributed by atoms with Crippen molar-refractivity contribution < 1.29 is 21.6 Å². The summed E-state index contributed by atoms with van der Waals surface area (Å²) in [5, 5.41) is 4.31. The van der Waals surface area contributed by atoms with Crippen LogP contribution >= 0.6 is 0 Å². The maximum atomic E-state index is 12.9. The highest BCUT2D eigenvalue weighted by Gasteiger charge is 2.31. The smallest absolute Gasteiger partial charge is 0.232 e. The number of sulfonamides is 1. The summed E-state index contributed by atoms with van der Waals surface area (Å²) in [6, 6.07) is 8.14. The van der Waals surface area contributed by atoms with Gasteiger partial charge in [0.05, 0.1) is 39.9 Å². The van der Waals surface area contributed by atoms with Crippen molar-refractivity contribution in [1.29, 1.82) is 0 Å². The molecule has 168 valence electrons. The highest BCUT2D eigenvalue weighted by atomic mass is 32.2. The standard InChI is InChI=1S/C21H27N3O5S2/c1-6-9-30(25,26)23-16-10-15(11-17(12-16)29-5)19-14-22-24-8-7-18(13-20(19)24)31(27,28)21(2,3)4/h7-8,10-14,23H,6,9H2,1-5H3. The van der Waals surface area contributed by atoms with Gasteiger partial charge in [0.25, 0.3) is 0 Å². The van der Waals surface area contributed by atoms with Crippen LogP contribution in [0.1, 0.15) is 34.1 Å². The number of pyridine rings is 1. The lowest BCUT2D eigenvalue weighted by atomic mass is 10.1. The Kier molecular flexibility index (Phi) is 6.07. The molecule has 31 heavy (non-hydrogen) atoms. The first-order valence-electron chi connectivity index (χ1n) is 9.80. The largest absolute Gasteiger partial charge is 0.497 e. The summed E-state index contributed by atoms with van der Waals surface area (Å²) in [5.41, 5.74) is 2.25. The van der Waals surface area contributed by atoms with Gasteiger partial charge in [-0.2, -0.15) is 5.10 Å². The molecular weight excluding hydrogens is 438 g/mol. The Labute approximate surface area is 183 Å². The van der Waals surface area contributed by atoms with Crippen LogP contribution in [0.2, 0.25) is 0 Å². The summed E-state index contributed by atoms with van der Waals surface area (Å²) in [6.07, 6.45) is 3.70. The van der Waals surface area contributed by atoms with E-state index >= 15 is 0 Å². The zero-order valence-corrected chi connectivity index (χ0v) is 19.8. The number of hydrogen-bond acceptors (Lipinski definition) is 6. The summed E-state index contributed by atoms with van der Waals surface area (Å²) in [7, 11) is -5.55. The van der Waals surface area contributed by atoms with Crippen LogP contribution in [0.3, 0.4) is 0 Å². The van der Waals surface area contributed by atoms with Gasteiger partial charge in [0.15, 0.2) is 9.84 Å². The molecule has 0 aliphatic rings. The van der Waals surface area contributed by atoms with Crippen LogP contribution in [-0.4, -0.2) is 44.1 Å². The predicted octanol–water partition coefficient (Wildman–Crippen LogP) is 3.73. The molecule has 2 aromatic heterocycles. The second-order valence-corrected chi connectivity index (χ2v) is 12.8. The van der Waals surface area contributed by atoms with Gasteiger partial charge in [0.2, 0.25) is 10.0 Å². The molecule has 0 saturated heterocycles. The maximum Gasteiger partial charge on any atom is 0.232 e. The van der Waals surface area contributed by atoms with Gasteiger partial charge < -0.3 is 4.74 Å². The third kappa shape index (κ3) is 4.69. The van der Waals surface area contributed by atoms with Crippen LogP contribution in [-0.2, 0) is 19.9 Å². The molecule has 10 heteroatoms. The van der Waals surface area contributed by atoms with Crippen LogP contribution in [0.15, 0.2) is 47.6 Å². The number of aromatic nitrogens is 2. The van der Waals surface area contributed by atoms with Gasteiger partial charge >= 0.3 is 0 Å². The SMILES string of the molecule is CCCS(=O)(=O)Nc1cc(OC)cc(-c2cnn3ccc(S(=O)(=O)C(C)(C)C)cc23)c1. The quantitative estimate of drug-likeness (QED) is 0.570. The first-order chi connectivity index (χ1) is 14.4. The van der Waals surface area contributed by atoms with Crippen molar-refractivity contribution >= 4 is 31.1 Å². The number of ether oxygens (including phenoxy) is 1. The fraction of sp³-hybridized carbons (Fsp3) is 0.381. The van der Waals surface area contributed by atoms with E-state index in [1.165, 1.54) is 13.2 Å². The number of nitrogens with zero attached hydrogens (tertiary/aromatic N) is 2. The number of methoxy groups -OCH3 is 1. The van der Waals surface area contributed by atoms with Crippen molar-refractivity contribution in [2.24, 2.45) is 0 Å². The van der Waals surface area contributed by atoms with Gasteiger partial charge in [-0.3, -0.25) is 4.72 Å². The Balaban J connectivity index is 2.15. The average Bonchev–Trinajstić information content (AvgIpc) is 3.09. The Morgan fingerprint density at radius 3 is 2.42 bits per heavy atom. The molecule has 0 saturated carbocycles. The lowest BCUT2D eigenvalue weighted by molar-refractivity contribution is 0.415. The molecule has 0 unspecified atom stereocenters. The second kappa shape index (κ2) is 8.16. The Hall–Kier alpha value is -2.59. The number of anilines is 1. The van der Waals surface area contributed by atoms with Crippen LogP contribution in [0.5, 0.6) is 5.75 Å². The first-order valence-corrected chi connectivity index (χ1v) is 12.9. The van der Waals surface area contributed by atoms with E-state index < -0.39 is 24.6 Å². The van der Waals surface area contributed by atoms with Gasteiger partial charge in [-0.05, 0) is 57.0 Å². The monoisotopic (exact) mass is 465 g/mol. The topological polar surface area (TPSA) is 107 Å². The molecule has 1 N–H and O–H groups in total. The van der Waals surface area contributed by atoms with Gasteiger partial charge in [0, 0.05) is 17.8 Å². The molecule has 2 heterocycles. The minimum atomic E-state index is -3.55. The van der Waals surface area contributed by atoms with E-state index in [4.69, 9.17) is 4.74 Å². The lowest BCUT2D eigenvalue weighted by Crippen LogP contribution is -2.27. The minimum Gasteiger partial charge on any atom is -0.497 e. The number of nitrogens with one attached hydrogen (secondary N) is 1. The fourth-order valence-electron chi connectivity index (χ4n) is 3.14. The molecule has 8 nitrogen and oxygen atoms in total. The van der Waals surface area contributed by atoms with Crippen molar-refractivity contribution in [3.05, 3.63) is 42.7 Å². The zero-order chi connectivity index (χ0) is 23.0. The number of rotatable bonds is 7. The number of hydrogen-bond donors (Lipinski definition) is 1. The van der Waals surface area contributed by atoms with Crippen LogP contribution in [0.4, 0.5) is 5.69 Å². The van der Waals surface area contributed by atoms with Gasteiger partial charge in [0.1, 0.15) is 5.75 Å². The number of benzene rings is 1. The normalized spacial score (nSPS) is 12.8. The van der Waals surface area contributed by atoms with Gasteiger partial charge in [-0.15, -0.1) is 0 Å². The number of sulfone groups is 1. The summed E-state index contributed by atoms with van der Waals surface area (Å²) in [5.74, 6) is 0.467. The fourth-order valence-corrected chi connectivity index (χ4v) is 5.47. The average molecular weight is 466 g/mol. The molecule has 0 aliphatic carbocycles. The summed E-state index contributed by atoms with van der Waals surface area (Å²) in [6.45, 7) is 6.75. The van der Waals surface area contributed by atoms with Crippen molar-refractivity contribution in [2.75, 3.05) is 17.6 Å². The second-order valence-electron chi connectivity index (χ2n) is 8.24. The molecule has 0 fully saturated rings. The molecule has 0 radical (unpaired) electrons. The third-order valence-corrected chi connectivity index (χ3v) is 8.79. The minimum absolute atomic E-state index is 0.00425. The van der Waals surface area contributed by atoms with Crippen LogP contribution in [0.25, 0.3) is 16.6 Å². The van der Waals surface area contributed by atoms with Gasteiger partial charge in [-0.25, -0.2) is 21.4 Å². The molecule has 3 aromatic rings. The zero-order valence-electron chi connectivity index (χ0n) is 18.2. The molecule has 3 rings (SSSR count). The molecular formula is C21H27N3O5S2. The highest BCUT2D eigenvalue weighted by Crippen LogP contribution is 2.33. The Morgan fingerprint density at radius 1 is 1.10 bits per heavy atom. The highest BCUT2D eigenvalue weighted by molar-refractivity contribution is 7.93. The van der Waals surface area contributed by atoms with Crippen molar-refractivity contribution in [3.8, 4) is 16.9 Å². The van der Waals surface area contributed by atoms with Crippen molar-refractivity contribution in [1.82, 2.24) is 9.61 Å². The first kappa shape index (κ1) is 23.1. The maximum absolute atomic E-state index is 12.9. The van der Waals surface area contributed by atoms with Crippen LogP contribution < -0.4 is 9.46 Å². The van der Waals surface area contributed by atoms with E-state index in [2.05, 4.69) is 9.82 Å². The summed E-state index contributed by atoms with van der Waals surface area (Å²) >= 11 is 0. The molecule has 0 spiro atoms. The van der Waals surface area contributed by atoms with Crippen molar-refractivity contribution in [3.63, 3.8) is 0 Å². The summed E-state index contributed by atoms with van der Waals surface area (Å²) < 4.78 is 58.8. The van der Waals surface area contributed by atoms with E-state index in [9.17, 15) is 16.8 Å². The van der Waals surface area contributed by atoms with Crippen LogP contribution in [0, 0.1) is 0 Å². The number of fused-ring (bicyclic) bond motifs is 1. The van der Waals surface area contributed by atoms with E-state index in [1.54, 1.807) is 68.9 Å². The van der Waals surface area contributed by atoms with Gasteiger partial charge in [-0.1, -0.05) is 6.92 Å². The predicted molar refractivity (Wildman–Crippen MR) is 122 cm³/mol. The molecule has 0 aliphatic heterocycles. The Bertz CT molecular complexity index is 1320.